The van der Waals surface area contributed by atoms with E-state index in [0.29, 0.717) is 19.0 Å². The highest BCUT2D eigenvalue weighted by Crippen LogP contribution is 2.24. The molecule has 10 nitrogen and oxygen atoms in total. The average Bonchev–Trinajstić information content (AvgIpc) is 3.23. The first kappa shape index (κ1) is 26.2. The van der Waals surface area contributed by atoms with Gasteiger partial charge < -0.3 is 10.6 Å². The molecule has 37 heavy (non-hydrogen) atoms. The first-order valence-electron chi connectivity index (χ1n) is 11.7. The van der Waals surface area contributed by atoms with Crippen LogP contribution in [0.1, 0.15) is 26.2 Å². The Kier molecular flexibility index (Phi) is 7.49. The lowest BCUT2D eigenvalue weighted by Crippen LogP contribution is -2.44. The smallest absolute Gasteiger partial charge is 0.341 e. The van der Waals surface area contributed by atoms with Crippen LogP contribution in [0.2, 0.25) is 0 Å². The van der Waals surface area contributed by atoms with Gasteiger partial charge in [0.15, 0.2) is 11.2 Å². The number of fused-ring (bicyclic) bond motifs is 1. The maximum atomic E-state index is 13.7. The van der Waals surface area contributed by atoms with Gasteiger partial charge in [-0.25, -0.2) is 4.79 Å². The van der Waals surface area contributed by atoms with Crippen molar-refractivity contribution in [2.24, 2.45) is 17.8 Å². The van der Waals surface area contributed by atoms with E-state index in [1.807, 2.05) is 4.90 Å². The first-order chi connectivity index (χ1) is 17.6. The maximum absolute atomic E-state index is 13.7. The largest absolute Gasteiger partial charge is 0.394 e. The molecule has 1 saturated heterocycles. The number of piperidine rings is 1. The number of anilines is 1. The number of nitrogens with two attached hydrogens (primary N) is 1. The number of aromatic nitrogens is 5. The van der Waals surface area contributed by atoms with E-state index in [-0.39, 0.29) is 35.1 Å². The van der Waals surface area contributed by atoms with Gasteiger partial charge in [-0.3, -0.25) is 28.5 Å². The number of aliphatic imine (C=N–C) groups is 1. The van der Waals surface area contributed by atoms with Crippen molar-refractivity contribution >= 4 is 28.5 Å². The van der Waals surface area contributed by atoms with Crippen molar-refractivity contribution in [3.8, 4) is 11.8 Å². The summed E-state index contributed by atoms with van der Waals surface area (Å²) in [6.07, 6.45) is -1.51. The Morgan fingerprint density at radius 3 is 2.62 bits per heavy atom. The fraction of sp³-hybridized carbons (Fsp3) is 0.458. The second-order valence-corrected chi connectivity index (χ2v) is 8.85. The molecule has 0 spiro atoms. The molecule has 0 saturated carbocycles. The van der Waals surface area contributed by atoms with Gasteiger partial charge in [0.1, 0.15) is 0 Å². The predicted octanol–water partition coefficient (Wildman–Crippen LogP) is 1.97. The van der Waals surface area contributed by atoms with Crippen molar-refractivity contribution in [1.29, 1.82) is 0 Å². The van der Waals surface area contributed by atoms with Gasteiger partial charge in [0.05, 0.1) is 25.2 Å². The SMILES string of the molecule is CC#CCn1c(N2CCCC(N)C2)nc2c1c(=O)n(CC(CC(F)(F)F)=Nc1ccncc1)c(=O)n2C. The fourth-order valence-electron chi connectivity index (χ4n) is 4.39. The number of rotatable bonds is 6. The number of aryl methyl sites for hydroxylation is 1. The normalized spacial score (nSPS) is 16.6. The van der Waals surface area contributed by atoms with Crippen molar-refractivity contribution in [3.63, 3.8) is 0 Å². The van der Waals surface area contributed by atoms with E-state index >= 15 is 0 Å². The second kappa shape index (κ2) is 10.6. The van der Waals surface area contributed by atoms with Crippen LogP contribution in [0.15, 0.2) is 39.1 Å². The van der Waals surface area contributed by atoms with Crippen molar-refractivity contribution in [1.82, 2.24) is 23.7 Å². The van der Waals surface area contributed by atoms with E-state index < -0.39 is 30.4 Å². The molecule has 1 atom stereocenters. The molecule has 13 heteroatoms. The predicted molar refractivity (Wildman–Crippen MR) is 134 cm³/mol. The van der Waals surface area contributed by atoms with Crippen LogP contribution in [0, 0.1) is 11.8 Å². The Balaban J connectivity index is 1.89. The molecule has 1 aliphatic heterocycles. The summed E-state index contributed by atoms with van der Waals surface area (Å²) in [5, 5.41) is 0. The van der Waals surface area contributed by atoms with Gasteiger partial charge in [0.2, 0.25) is 5.95 Å². The quantitative estimate of drug-likeness (QED) is 0.396. The molecule has 4 heterocycles. The van der Waals surface area contributed by atoms with Gasteiger partial charge in [-0.05, 0) is 31.9 Å². The van der Waals surface area contributed by atoms with E-state index in [0.717, 1.165) is 22.0 Å². The highest BCUT2D eigenvalue weighted by Gasteiger charge is 2.31. The summed E-state index contributed by atoms with van der Waals surface area (Å²) in [5.74, 6) is 6.15. The third-order valence-corrected chi connectivity index (χ3v) is 6.06. The van der Waals surface area contributed by atoms with Crippen molar-refractivity contribution in [2.75, 3.05) is 18.0 Å². The highest BCUT2D eigenvalue weighted by molar-refractivity contribution is 5.87. The minimum Gasteiger partial charge on any atom is -0.341 e. The third-order valence-electron chi connectivity index (χ3n) is 6.06. The number of alkyl halides is 3. The Bertz CT molecular complexity index is 1490. The summed E-state index contributed by atoms with van der Waals surface area (Å²) in [6, 6.07) is 2.80. The lowest BCUT2D eigenvalue weighted by Gasteiger charge is -2.31. The van der Waals surface area contributed by atoms with E-state index in [4.69, 9.17) is 5.73 Å². The summed E-state index contributed by atoms with van der Waals surface area (Å²) >= 11 is 0. The standard InChI is InChI=1S/C24H27F3N8O2/c1-3-4-12-34-19-20(31-22(34)33-11-5-6-16(28)14-33)32(2)23(37)35(21(19)36)15-18(13-24(25,26)27)30-17-7-9-29-10-8-17/h7-10,16H,5-6,11-15,28H2,1-2H3. The molecule has 0 bridgehead atoms. The monoisotopic (exact) mass is 516 g/mol. The van der Waals surface area contributed by atoms with Gasteiger partial charge in [-0.1, -0.05) is 5.92 Å². The number of imidazole rings is 1. The number of hydrogen-bond donors (Lipinski definition) is 1. The zero-order valence-corrected chi connectivity index (χ0v) is 20.5. The van der Waals surface area contributed by atoms with Crippen LogP contribution in [0.3, 0.4) is 0 Å². The lowest BCUT2D eigenvalue weighted by atomic mass is 10.1. The average molecular weight is 517 g/mol. The molecule has 0 amide bonds. The molecule has 1 fully saturated rings. The molecule has 3 aromatic rings. The number of hydrogen-bond acceptors (Lipinski definition) is 7. The van der Waals surface area contributed by atoms with E-state index in [1.54, 1.807) is 11.5 Å². The van der Waals surface area contributed by atoms with Gasteiger partial charge in [0.25, 0.3) is 5.56 Å². The minimum atomic E-state index is -4.59. The van der Waals surface area contributed by atoms with Gasteiger partial charge in [-0.2, -0.15) is 18.2 Å². The zero-order chi connectivity index (χ0) is 26.7. The Labute approximate surface area is 210 Å². The summed E-state index contributed by atoms with van der Waals surface area (Å²) in [5.41, 5.74) is 4.63. The lowest BCUT2D eigenvalue weighted by molar-refractivity contribution is -0.121. The van der Waals surface area contributed by atoms with Crippen LogP contribution in [-0.4, -0.2) is 54.7 Å². The van der Waals surface area contributed by atoms with E-state index in [1.165, 1.54) is 31.6 Å². The highest BCUT2D eigenvalue weighted by atomic mass is 19.4. The van der Waals surface area contributed by atoms with Crippen LogP contribution < -0.4 is 21.9 Å². The molecule has 2 N–H and O–H groups in total. The van der Waals surface area contributed by atoms with Crippen molar-refractivity contribution in [3.05, 3.63) is 45.4 Å². The Hall–Kier alpha value is -3.92. The number of halogens is 3. The summed E-state index contributed by atoms with van der Waals surface area (Å²) < 4.78 is 43.7. The fourth-order valence-corrected chi connectivity index (χ4v) is 4.39. The van der Waals surface area contributed by atoms with Gasteiger partial charge in [-0.15, -0.1) is 5.92 Å². The topological polar surface area (TPSA) is 116 Å². The van der Waals surface area contributed by atoms with Crippen LogP contribution >= 0.6 is 0 Å². The molecule has 3 aromatic heterocycles. The van der Waals surface area contributed by atoms with Crippen molar-refractivity contribution in [2.45, 2.75) is 51.5 Å². The molecule has 196 valence electrons. The van der Waals surface area contributed by atoms with E-state index in [2.05, 4.69) is 26.8 Å². The third kappa shape index (κ3) is 5.75. The molecular weight excluding hydrogens is 489 g/mol. The molecule has 1 aliphatic rings. The van der Waals surface area contributed by atoms with Gasteiger partial charge >= 0.3 is 11.9 Å². The molecule has 1 unspecified atom stereocenters. The molecule has 0 aliphatic carbocycles. The Morgan fingerprint density at radius 2 is 1.97 bits per heavy atom. The zero-order valence-electron chi connectivity index (χ0n) is 20.5. The Morgan fingerprint density at radius 1 is 1.24 bits per heavy atom. The molecule has 0 aromatic carbocycles. The molecule has 4 rings (SSSR count). The molecule has 0 radical (unpaired) electrons. The summed E-state index contributed by atoms with van der Waals surface area (Å²) in [4.78, 5) is 41.3. The minimum absolute atomic E-state index is 0.0749. The van der Waals surface area contributed by atoms with E-state index in [9.17, 15) is 22.8 Å². The summed E-state index contributed by atoms with van der Waals surface area (Å²) in [6.45, 7) is 2.30. The number of nitrogens with zero attached hydrogens (tertiary/aromatic N) is 7. The first-order valence-corrected chi connectivity index (χ1v) is 11.7. The van der Waals surface area contributed by atoms with Gasteiger partial charge in [0, 0.05) is 44.3 Å². The number of pyridine rings is 1. The van der Waals surface area contributed by atoms with Crippen LogP contribution in [-0.2, 0) is 20.1 Å². The van der Waals surface area contributed by atoms with Crippen LogP contribution in [0.25, 0.3) is 11.2 Å². The van der Waals surface area contributed by atoms with Crippen LogP contribution in [0.4, 0.5) is 24.8 Å². The summed E-state index contributed by atoms with van der Waals surface area (Å²) in [7, 11) is 1.43. The maximum Gasteiger partial charge on any atom is 0.394 e. The second-order valence-electron chi connectivity index (χ2n) is 8.85. The van der Waals surface area contributed by atoms with Crippen LogP contribution in [0.5, 0.6) is 0 Å². The van der Waals surface area contributed by atoms with Crippen molar-refractivity contribution < 1.29 is 13.2 Å². The molecular formula is C24H27F3N8O2.